The number of methoxy groups -OCH3 is 1. The summed E-state index contributed by atoms with van der Waals surface area (Å²) in [4.78, 5) is 12.1. The summed E-state index contributed by atoms with van der Waals surface area (Å²) in [6.07, 6.45) is 0.597. The Hall–Kier alpha value is -2.29. The predicted molar refractivity (Wildman–Crippen MR) is 90.2 cm³/mol. The van der Waals surface area contributed by atoms with Gasteiger partial charge in [-0.15, -0.1) is 0 Å². The maximum absolute atomic E-state index is 12.1. The fraction of sp³-hybridized carbons (Fsp3) is 0.316. The first-order chi connectivity index (χ1) is 10.5. The van der Waals surface area contributed by atoms with E-state index < -0.39 is 6.04 Å². The molecule has 3 nitrogen and oxygen atoms in total. The molecule has 0 fully saturated rings. The van der Waals surface area contributed by atoms with E-state index in [4.69, 9.17) is 4.74 Å². The molecule has 0 saturated heterocycles. The molecule has 0 aliphatic heterocycles. The highest BCUT2D eigenvalue weighted by Crippen LogP contribution is 2.23. The number of carbonyl (C=O) groups excluding carboxylic acids is 1. The lowest BCUT2D eigenvalue weighted by atomic mass is 10.0. The second-order valence-corrected chi connectivity index (χ2v) is 5.68. The van der Waals surface area contributed by atoms with Gasteiger partial charge in [-0.25, -0.2) is 4.79 Å². The second kappa shape index (κ2) is 7.12. The van der Waals surface area contributed by atoms with Crippen molar-refractivity contribution in [3.63, 3.8) is 0 Å². The van der Waals surface area contributed by atoms with E-state index in [0.29, 0.717) is 6.42 Å². The summed E-state index contributed by atoms with van der Waals surface area (Å²) >= 11 is 0. The average Bonchev–Trinajstić information content (AvgIpc) is 2.49. The molecule has 2 aromatic rings. The maximum Gasteiger partial charge on any atom is 0.328 e. The van der Waals surface area contributed by atoms with Crippen LogP contribution >= 0.6 is 0 Å². The molecule has 0 aromatic heterocycles. The monoisotopic (exact) mass is 297 g/mol. The highest BCUT2D eigenvalue weighted by molar-refractivity contribution is 5.80. The molecule has 0 unspecified atom stereocenters. The van der Waals surface area contributed by atoms with Crippen molar-refractivity contribution in [2.24, 2.45) is 0 Å². The molecule has 0 heterocycles. The number of esters is 1. The van der Waals surface area contributed by atoms with Crippen molar-refractivity contribution in [2.75, 3.05) is 12.4 Å². The Kier molecular flexibility index (Phi) is 5.21. The third kappa shape index (κ3) is 3.88. The van der Waals surface area contributed by atoms with Crippen LogP contribution in [-0.4, -0.2) is 19.1 Å². The van der Waals surface area contributed by atoms with E-state index in [2.05, 4.69) is 38.2 Å². The lowest BCUT2D eigenvalue weighted by molar-refractivity contribution is -0.141. The molecule has 0 aliphatic rings. The van der Waals surface area contributed by atoms with Gasteiger partial charge in [-0.1, -0.05) is 48.0 Å². The first-order valence-corrected chi connectivity index (χ1v) is 7.47. The van der Waals surface area contributed by atoms with Crippen LogP contribution in [0.15, 0.2) is 42.5 Å². The van der Waals surface area contributed by atoms with Crippen LogP contribution in [0.3, 0.4) is 0 Å². The van der Waals surface area contributed by atoms with E-state index in [0.717, 1.165) is 22.4 Å². The lowest BCUT2D eigenvalue weighted by Gasteiger charge is -2.21. The number of aryl methyl sites for hydroxylation is 3. The number of benzene rings is 2. The van der Waals surface area contributed by atoms with Crippen molar-refractivity contribution < 1.29 is 9.53 Å². The van der Waals surface area contributed by atoms with Crippen LogP contribution in [0.25, 0.3) is 0 Å². The third-order valence-electron chi connectivity index (χ3n) is 3.76. The van der Waals surface area contributed by atoms with Gasteiger partial charge in [0.05, 0.1) is 7.11 Å². The van der Waals surface area contributed by atoms with Crippen LogP contribution in [0.2, 0.25) is 0 Å². The Balaban J connectivity index is 2.26. The molecule has 0 bridgehead atoms. The molecular formula is C19H23NO2. The molecule has 0 saturated carbocycles. The molecule has 116 valence electrons. The number of rotatable bonds is 5. The molecule has 1 N–H and O–H groups in total. The molecule has 0 radical (unpaired) electrons. The largest absolute Gasteiger partial charge is 0.467 e. The van der Waals surface area contributed by atoms with E-state index in [1.807, 2.05) is 30.3 Å². The van der Waals surface area contributed by atoms with Crippen LogP contribution in [0, 0.1) is 20.8 Å². The zero-order chi connectivity index (χ0) is 16.1. The van der Waals surface area contributed by atoms with Crippen molar-refractivity contribution in [3.8, 4) is 0 Å². The summed E-state index contributed by atoms with van der Waals surface area (Å²) in [5.41, 5.74) is 5.61. The molecule has 0 spiro atoms. The van der Waals surface area contributed by atoms with E-state index in [-0.39, 0.29) is 5.97 Å². The van der Waals surface area contributed by atoms with E-state index in [1.54, 1.807) is 0 Å². The van der Waals surface area contributed by atoms with Gasteiger partial charge < -0.3 is 10.1 Å². The lowest BCUT2D eigenvalue weighted by Crippen LogP contribution is -2.33. The fourth-order valence-corrected chi connectivity index (χ4v) is 2.77. The second-order valence-electron chi connectivity index (χ2n) is 5.68. The van der Waals surface area contributed by atoms with Gasteiger partial charge in [-0.2, -0.15) is 0 Å². The number of hydrogen-bond donors (Lipinski definition) is 1. The number of carbonyl (C=O) groups is 1. The summed E-state index contributed by atoms with van der Waals surface area (Å²) in [6, 6.07) is 13.8. The highest BCUT2D eigenvalue weighted by atomic mass is 16.5. The Bertz CT molecular complexity index is 627. The molecule has 2 aromatic carbocycles. The van der Waals surface area contributed by atoms with Gasteiger partial charge in [0.15, 0.2) is 0 Å². The Morgan fingerprint density at radius 3 is 2.23 bits per heavy atom. The molecule has 0 aliphatic carbocycles. The third-order valence-corrected chi connectivity index (χ3v) is 3.76. The van der Waals surface area contributed by atoms with Gasteiger partial charge in [0.2, 0.25) is 0 Å². The molecule has 3 heteroatoms. The minimum atomic E-state index is -0.396. The molecule has 22 heavy (non-hydrogen) atoms. The minimum Gasteiger partial charge on any atom is -0.467 e. The minimum absolute atomic E-state index is 0.247. The summed E-state index contributed by atoms with van der Waals surface area (Å²) < 4.78 is 4.96. The Morgan fingerprint density at radius 1 is 1.09 bits per heavy atom. The van der Waals surface area contributed by atoms with Gasteiger partial charge in [0.25, 0.3) is 0 Å². The summed E-state index contributed by atoms with van der Waals surface area (Å²) in [6.45, 7) is 6.18. The van der Waals surface area contributed by atoms with E-state index >= 15 is 0 Å². The van der Waals surface area contributed by atoms with E-state index in [9.17, 15) is 4.79 Å². The zero-order valence-corrected chi connectivity index (χ0v) is 13.6. The van der Waals surface area contributed by atoms with Gasteiger partial charge >= 0.3 is 5.97 Å². The number of anilines is 1. The normalized spacial score (nSPS) is 11.8. The predicted octanol–water partition coefficient (Wildman–Crippen LogP) is 3.81. The number of nitrogens with one attached hydrogen (secondary N) is 1. The van der Waals surface area contributed by atoms with Crippen LogP contribution in [0.4, 0.5) is 5.69 Å². The number of ether oxygens (including phenoxy) is 1. The van der Waals surface area contributed by atoms with Crippen molar-refractivity contribution >= 4 is 11.7 Å². The first kappa shape index (κ1) is 16.1. The SMILES string of the molecule is COC(=O)[C@H](Cc1ccccc1)Nc1c(C)cc(C)cc1C. The van der Waals surface area contributed by atoms with Crippen molar-refractivity contribution in [2.45, 2.75) is 33.2 Å². The van der Waals surface area contributed by atoms with Gasteiger partial charge in [0, 0.05) is 12.1 Å². The first-order valence-electron chi connectivity index (χ1n) is 7.47. The molecule has 0 amide bonds. The summed E-state index contributed by atoms with van der Waals surface area (Å²) in [5.74, 6) is -0.247. The molecule has 1 atom stereocenters. The molecule has 2 rings (SSSR count). The fourth-order valence-electron chi connectivity index (χ4n) is 2.77. The van der Waals surface area contributed by atoms with Crippen LogP contribution < -0.4 is 5.32 Å². The Morgan fingerprint density at radius 2 is 1.68 bits per heavy atom. The van der Waals surface area contributed by atoms with Crippen LogP contribution in [-0.2, 0) is 16.0 Å². The van der Waals surface area contributed by atoms with Crippen molar-refractivity contribution in [1.29, 1.82) is 0 Å². The topological polar surface area (TPSA) is 38.3 Å². The Labute approximate surface area is 132 Å². The zero-order valence-electron chi connectivity index (χ0n) is 13.6. The summed E-state index contributed by atoms with van der Waals surface area (Å²) in [5, 5.41) is 3.37. The van der Waals surface area contributed by atoms with E-state index in [1.165, 1.54) is 12.7 Å². The number of hydrogen-bond acceptors (Lipinski definition) is 3. The van der Waals surface area contributed by atoms with Crippen LogP contribution in [0.5, 0.6) is 0 Å². The van der Waals surface area contributed by atoms with Crippen LogP contribution in [0.1, 0.15) is 22.3 Å². The van der Waals surface area contributed by atoms with Gasteiger partial charge in [-0.3, -0.25) is 0 Å². The van der Waals surface area contributed by atoms with Gasteiger partial charge in [-0.05, 0) is 37.5 Å². The average molecular weight is 297 g/mol. The quantitative estimate of drug-likeness (QED) is 0.853. The standard InChI is InChI=1S/C19H23NO2/c1-13-10-14(2)18(15(3)11-13)20-17(19(21)22-4)12-16-8-6-5-7-9-16/h5-11,17,20H,12H2,1-4H3/t17-/m0/s1. The van der Waals surface area contributed by atoms with Crippen molar-refractivity contribution in [1.82, 2.24) is 0 Å². The van der Waals surface area contributed by atoms with Crippen molar-refractivity contribution in [3.05, 3.63) is 64.7 Å². The molecular weight excluding hydrogens is 274 g/mol. The van der Waals surface area contributed by atoms with Gasteiger partial charge in [0.1, 0.15) is 6.04 Å². The maximum atomic E-state index is 12.1. The summed E-state index contributed by atoms with van der Waals surface area (Å²) in [7, 11) is 1.43. The highest BCUT2D eigenvalue weighted by Gasteiger charge is 2.21. The smallest absolute Gasteiger partial charge is 0.328 e.